The first-order valence-electron chi connectivity index (χ1n) is 5.64. The smallest absolute Gasteiger partial charge is 0.418 e. The summed E-state index contributed by atoms with van der Waals surface area (Å²) in [5.41, 5.74) is 0. The molecule has 6 heteroatoms. The van der Waals surface area contributed by atoms with Crippen molar-refractivity contribution in [3.05, 3.63) is 60.7 Å². The van der Waals surface area contributed by atoms with Crippen molar-refractivity contribution in [2.45, 2.75) is 6.04 Å². The number of carbonyl (C=O) groups is 1. The van der Waals surface area contributed by atoms with Crippen LogP contribution < -0.4 is 9.47 Å². The molecule has 0 aliphatic carbocycles. The third-order valence-corrected chi connectivity index (χ3v) is 2.30. The van der Waals surface area contributed by atoms with Gasteiger partial charge in [-0.15, -0.1) is 4.39 Å². The van der Waals surface area contributed by atoms with Crippen molar-refractivity contribution in [3.8, 4) is 11.5 Å². The molecule has 0 bridgehead atoms. The lowest BCUT2D eigenvalue weighted by molar-refractivity contribution is -0.263. The average Bonchev–Trinajstić information content (AvgIpc) is 2.48. The summed E-state index contributed by atoms with van der Waals surface area (Å²) >= 11 is 0. The molecule has 0 fully saturated rings. The van der Waals surface area contributed by atoms with E-state index >= 15 is 0 Å². The maximum absolute atomic E-state index is 14.4. The predicted octanol–water partition coefficient (Wildman–Crippen LogP) is 3.20. The maximum atomic E-state index is 14.4. The van der Waals surface area contributed by atoms with Crippen LogP contribution in [0.1, 0.15) is 0 Å². The fourth-order valence-electron chi connectivity index (χ4n) is 1.43. The number of para-hydroxylation sites is 2. The van der Waals surface area contributed by atoms with Crippen molar-refractivity contribution in [1.29, 1.82) is 0 Å². The first-order valence-corrected chi connectivity index (χ1v) is 5.64. The second-order valence-corrected chi connectivity index (χ2v) is 3.73. The molecule has 0 saturated heterocycles. The van der Waals surface area contributed by atoms with Crippen LogP contribution in [-0.4, -0.2) is 12.0 Å². The Hall–Kier alpha value is -2.63. The van der Waals surface area contributed by atoms with E-state index in [1.807, 2.05) is 0 Å². The minimum atomic E-state index is -3.42. The van der Waals surface area contributed by atoms with Crippen LogP contribution >= 0.6 is 0 Å². The highest BCUT2D eigenvalue weighted by atomic mass is 19.3. The van der Waals surface area contributed by atoms with Gasteiger partial charge < -0.3 is 9.47 Å². The Bertz CT molecular complexity index is 518. The molecule has 2 rings (SSSR count). The Morgan fingerprint density at radius 2 is 1.25 bits per heavy atom. The molecule has 4 nitrogen and oxygen atoms in total. The van der Waals surface area contributed by atoms with Crippen molar-refractivity contribution in [3.63, 3.8) is 0 Å². The second-order valence-electron chi connectivity index (χ2n) is 3.73. The number of hydrogen-bond acceptors (Lipinski definition) is 4. The van der Waals surface area contributed by atoms with Gasteiger partial charge in [-0.25, -0.2) is 9.74 Å². The van der Waals surface area contributed by atoms with E-state index < -0.39 is 12.0 Å². The zero-order valence-electron chi connectivity index (χ0n) is 10.2. The van der Waals surface area contributed by atoms with E-state index in [1.54, 1.807) is 36.4 Å². The highest BCUT2D eigenvalue weighted by Crippen LogP contribution is 2.25. The SMILES string of the molecule is O=C(OF)C(F)(Oc1ccccc1)Oc1ccccc1. The number of ether oxygens (including phenoxy) is 2. The van der Waals surface area contributed by atoms with E-state index in [2.05, 4.69) is 4.94 Å². The number of alkyl halides is 1. The van der Waals surface area contributed by atoms with Crippen LogP contribution in [0.5, 0.6) is 11.5 Å². The van der Waals surface area contributed by atoms with Crippen molar-refractivity contribution >= 4 is 5.97 Å². The van der Waals surface area contributed by atoms with Crippen LogP contribution in [0.25, 0.3) is 0 Å². The van der Waals surface area contributed by atoms with E-state index in [1.165, 1.54) is 24.3 Å². The molecule has 104 valence electrons. The maximum Gasteiger partial charge on any atom is 0.516 e. The highest BCUT2D eigenvalue weighted by Gasteiger charge is 2.48. The monoisotopic (exact) mass is 280 g/mol. The Kier molecular flexibility index (Phi) is 4.14. The minimum absolute atomic E-state index is 0.0173. The van der Waals surface area contributed by atoms with E-state index in [0.717, 1.165) is 0 Å². The van der Waals surface area contributed by atoms with E-state index in [4.69, 9.17) is 9.47 Å². The van der Waals surface area contributed by atoms with E-state index in [0.29, 0.717) is 0 Å². The van der Waals surface area contributed by atoms with E-state index in [9.17, 15) is 13.7 Å². The predicted molar refractivity (Wildman–Crippen MR) is 65.2 cm³/mol. The molecule has 0 heterocycles. The van der Waals surface area contributed by atoms with Gasteiger partial charge in [0.05, 0.1) is 0 Å². The zero-order chi connectivity index (χ0) is 14.4. The molecule has 0 aliphatic heterocycles. The number of hydrogen-bond donors (Lipinski definition) is 0. The zero-order valence-corrected chi connectivity index (χ0v) is 10.2. The summed E-state index contributed by atoms with van der Waals surface area (Å²) in [6.45, 7) is 0. The van der Waals surface area contributed by atoms with Gasteiger partial charge in [0, 0.05) is 4.53 Å². The summed E-state index contributed by atoms with van der Waals surface area (Å²) < 4.78 is 35.9. The molecular weight excluding hydrogens is 270 g/mol. The Morgan fingerprint density at radius 1 is 0.850 bits per heavy atom. The second kappa shape index (κ2) is 6.01. The average molecular weight is 280 g/mol. The molecule has 0 N–H and O–H groups in total. The molecule has 0 spiro atoms. The normalized spacial score (nSPS) is 10.7. The molecule has 2 aromatic carbocycles. The van der Waals surface area contributed by atoms with Crippen LogP contribution in [0.3, 0.4) is 0 Å². The number of carbonyl (C=O) groups excluding carboxylic acids is 1. The lowest BCUT2D eigenvalue weighted by atomic mass is 10.3. The molecule has 20 heavy (non-hydrogen) atoms. The topological polar surface area (TPSA) is 44.8 Å². The van der Waals surface area contributed by atoms with Crippen LogP contribution in [-0.2, 0) is 9.74 Å². The molecule has 0 atom stereocenters. The fraction of sp³-hybridized carbons (Fsp3) is 0.0714. The first kappa shape index (κ1) is 13.8. The van der Waals surface area contributed by atoms with Gasteiger partial charge in [-0.05, 0) is 24.3 Å². The molecule has 2 aromatic rings. The lowest BCUT2D eigenvalue weighted by Crippen LogP contribution is -2.46. The molecule has 0 radical (unpaired) electrons. The first-order chi connectivity index (χ1) is 9.64. The quantitative estimate of drug-likeness (QED) is 0.789. The van der Waals surface area contributed by atoms with Crippen molar-refractivity contribution in [2.24, 2.45) is 0 Å². The van der Waals surface area contributed by atoms with Gasteiger partial charge in [0.15, 0.2) is 0 Å². The molecule has 0 unspecified atom stereocenters. The van der Waals surface area contributed by atoms with Crippen LogP contribution in [0.2, 0.25) is 0 Å². The Labute approximate surface area is 113 Å². The van der Waals surface area contributed by atoms with Crippen LogP contribution in [0.4, 0.5) is 8.92 Å². The molecule has 0 saturated carbocycles. The lowest BCUT2D eigenvalue weighted by Gasteiger charge is -2.22. The number of rotatable bonds is 5. The summed E-state index contributed by atoms with van der Waals surface area (Å²) in [4.78, 5) is 14.1. The van der Waals surface area contributed by atoms with Crippen molar-refractivity contribution in [1.82, 2.24) is 0 Å². The van der Waals surface area contributed by atoms with Gasteiger partial charge in [-0.1, -0.05) is 36.4 Å². The largest absolute Gasteiger partial charge is 0.516 e. The van der Waals surface area contributed by atoms with Crippen molar-refractivity contribution < 1.29 is 28.1 Å². The Morgan fingerprint density at radius 3 is 1.60 bits per heavy atom. The summed E-state index contributed by atoms with van der Waals surface area (Å²) in [6, 6.07) is 11.7. The summed E-state index contributed by atoms with van der Waals surface area (Å²) in [5.74, 6) is -1.97. The molecule has 0 aliphatic rings. The highest BCUT2D eigenvalue weighted by molar-refractivity contribution is 5.76. The van der Waals surface area contributed by atoms with Crippen LogP contribution in [0, 0.1) is 0 Å². The van der Waals surface area contributed by atoms with E-state index in [-0.39, 0.29) is 11.5 Å². The molecular formula is C14H10F2O4. The number of benzene rings is 2. The molecule has 0 amide bonds. The minimum Gasteiger partial charge on any atom is -0.418 e. The van der Waals surface area contributed by atoms with Gasteiger partial charge in [0.25, 0.3) is 0 Å². The van der Waals surface area contributed by atoms with Gasteiger partial charge in [-0.2, -0.15) is 0 Å². The molecule has 0 aromatic heterocycles. The van der Waals surface area contributed by atoms with Gasteiger partial charge in [-0.3, -0.25) is 0 Å². The van der Waals surface area contributed by atoms with Gasteiger partial charge in [0.2, 0.25) is 0 Å². The summed E-state index contributed by atoms with van der Waals surface area (Å²) in [6.07, 6.45) is 0. The summed E-state index contributed by atoms with van der Waals surface area (Å²) in [5, 5.41) is 0. The standard InChI is InChI=1S/C14H10F2O4/c15-14(13(17)20-16,18-11-7-3-1-4-8-11)19-12-9-5-2-6-10-12/h1-10H. The fourth-order valence-corrected chi connectivity index (χ4v) is 1.43. The third kappa shape index (κ3) is 3.23. The van der Waals surface area contributed by atoms with Gasteiger partial charge in [0.1, 0.15) is 11.5 Å². The summed E-state index contributed by atoms with van der Waals surface area (Å²) in [7, 11) is 0. The third-order valence-electron chi connectivity index (χ3n) is 2.30. The Balaban J connectivity index is 2.24. The van der Waals surface area contributed by atoms with Crippen LogP contribution in [0.15, 0.2) is 60.7 Å². The number of halogens is 2. The van der Waals surface area contributed by atoms with Gasteiger partial charge >= 0.3 is 12.0 Å². The van der Waals surface area contributed by atoms with Crippen molar-refractivity contribution in [2.75, 3.05) is 0 Å².